The van der Waals surface area contributed by atoms with Gasteiger partial charge in [0.25, 0.3) is 0 Å². The summed E-state index contributed by atoms with van der Waals surface area (Å²) < 4.78 is 5.08. The van der Waals surface area contributed by atoms with Crippen LogP contribution < -0.4 is 5.32 Å². The minimum absolute atomic E-state index is 0.00385. The first kappa shape index (κ1) is 13.7. The van der Waals surface area contributed by atoms with Gasteiger partial charge in [0.05, 0.1) is 13.0 Å². The van der Waals surface area contributed by atoms with Crippen LogP contribution in [0.2, 0.25) is 0 Å². The van der Waals surface area contributed by atoms with Crippen molar-refractivity contribution in [1.82, 2.24) is 5.32 Å². The molecular formula is C15H24ClNO2. The highest BCUT2D eigenvalue weighted by Crippen LogP contribution is 2.45. The lowest BCUT2D eigenvalue weighted by molar-refractivity contribution is -0.151. The van der Waals surface area contributed by atoms with Crippen molar-refractivity contribution >= 4 is 17.6 Å². The molecule has 108 valence electrons. The van der Waals surface area contributed by atoms with Gasteiger partial charge in [0.15, 0.2) is 0 Å². The largest absolute Gasteiger partial charge is 0.469 e. The average Bonchev–Trinajstić information content (AvgIpc) is 2.80. The topological polar surface area (TPSA) is 38.3 Å². The van der Waals surface area contributed by atoms with E-state index in [4.69, 9.17) is 16.3 Å². The zero-order valence-electron chi connectivity index (χ0n) is 11.6. The molecule has 0 aromatic rings. The number of hydrogen-bond donors (Lipinski definition) is 1. The van der Waals surface area contributed by atoms with Gasteiger partial charge in [-0.15, -0.1) is 11.6 Å². The van der Waals surface area contributed by atoms with Gasteiger partial charge in [-0.25, -0.2) is 0 Å². The number of carbonyl (C=O) groups excluding carboxylic acids is 1. The fourth-order valence-electron chi connectivity index (χ4n) is 4.56. The molecule has 4 atom stereocenters. The Bertz CT molecular complexity index is 341. The second-order valence-electron chi connectivity index (χ2n) is 6.51. The maximum absolute atomic E-state index is 12.2. The van der Waals surface area contributed by atoms with Crippen molar-refractivity contribution in [1.29, 1.82) is 0 Å². The molecule has 19 heavy (non-hydrogen) atoms. The van der Waals surface area contributed by atoms with Crippen molar-refractivity contribution in [2.75, 3.05) is 7.11 Å². The molecule has 1 saturated carbocycles. The van der Waals surface area contributed by atoms with E-state index >= 15 is 0 Å². The lowest BCUT2D eigenvalue weighted by Gasteiger charge is -2.42. The summed E-state index contributed by atoms with van der Waals surface area (Å²) in [6.07, 6.45) is 8.09. The summed E-state index contributed by atoms with van der Waals surface area (Å²) in [6.45, 7) is 0. The molecule has 2 aliphatic heterocycles. The van der Waals surface area contributed by atoms with E-state index in [0.717, 1.165) is 25.7 Å². The molecule has 2 unspecified atom stereocenters. The van der Waals surface area contributed by atoms with Crippen molar-refractivity contribution in [2.45, 2.75) is 62.4 Å². The summed E-state index contributed by atoms with van der Waals surface area (Å²) in [6, 6.07) is 0.981. The quantitative estimate of drug-likeness (QED) is 0.626. The van der Waals surface area contributed by atoms with Crippen LogP contribution >= 0.6 is 11.6 Å². The fourth-order valence-corrected chi connectivity index (χ4v) is 4.81. The molecule has 2 heterocycles. The standard InChI is InChI=1S/C15H24ClNO2/c1-19-15(18)14-12(8-11-6-7-13(14)17-11)9-2-4-10(16)5-3-9/h9-14,17H,2-8H2,1H3/t9?,10?,11-,12+,13?,14?/m1/s1. The van der Waals surface area contributed by atoms with Gasteiger partial charge in [-0.2, -0.15) is 0 Å². The number of hydrogen-bond acceptors (Lipinski definition) is 3. The molecule has 3 fully saturated rings. The van der Waals surface area contributed by atoms with Gasteiger partial charge in [-0.05, 0) is 56.8 Å². The van der Waals surface area contributed by atoms with Crippen LogP contribution in [-0.4, -0.2) is 30.5 Å². The van der Waals surface area contributed by atoms with E-state index in [9.17, 15) is 4.79 Å². The third-order valence-corrected chi connectivity index (χ3v) is 5.94. The Kier molecular flexibility index (Phi) is 4.04. The summed E-state index contributed by atoms with van der Waals surface area (Å²) in [5, 5.41) is 3.96. The van der Waals surface area contributed by atoms with Crippen LogP contribution in [0.4, 0.5) is 0 Å². The third kappa shape index (κ3) is 2.64. The number of piperidine rings is 1. The molecule has 0 amide bonds. The molecule has 0 spiro atoms. The number of nitrogens with one attached hydrogen (secondary N) is 1. The first-order chi connectivity index (χ1) is 9.19. The maximum Gasteiger partial charge on any atom is 0.310 e. The van der Waals surface area contributed by atoms with Gasteiger partial charge >= 0.3 is 5.97 Å². The van der Waals surface area contributed by atoms with Gasteiger partial charge in [-0.1, -0.05) is 0 Å². The summed E-state index contributed by atoms with van der Waals surface area (Å²) in [5.41, 5.74) is 0. The lowest BCUT2D eigenvalue weighted by Crippen LogP contribution is -2.51. The van der Waals surface area contributed by atoms with Gasteiger partial charge in [-0.3, -0.25) is 4.79 Å². The van der Waals surface area contributed by atoms with Gasteiger partial charge in [0.2, 0.25) is 0 Å². The van der Waals surface area contributed by atoms with E-state index in [2.05, 4.69) is 5.32 Å². The number of fused-ring (bicyclic) bond motifs is 2. The average molecular weight is 286 g/mol. The smallest absolute Gasteiger partial charge is 0.310 e. The summed E-state index contributed by atoms with van der Waals surface area (Å²) in [5.74, 6) is 1.25. The van der Waals surface area contributed by atoms with Crippen LogP contribution in [0.15, 0.2) is 0 Å². The van der Waals surface area contributed by atoms with Gasteiger partial charge < -0.3 is 10.1 Å². The van der Waals surface area contributed by atoms with E-state index in [1.807, 2.05) is 0 Å². The Morgan fingerprint density at radius 2 is 1.89 bits per heavy atom. The number of ether oxygens (including phenoxy) is 1. The first-order valence-electron chi connectivity index (χ1n) is 7.67. The number of carbonyl (C=O) groups is 1. The van der Waals surface area contributed by atoms with E-state index in [0.29, 0.717) is 29.3 Å². The van der Waals surface area contributed by atoms with Gasteiger partial charge in [0.1, 0.15) is 0 Å². The Balaban J connectivity index is 1.75. The Morgan fingerprint density at radius 1 is 1.16 bits per heavy atom. The zero-order chi connectivity index (χ0) is 13.4. The van der Waals surface area contributed by atoms with Crippen LogP contribution in [0.5, 0.6) is 0 Å². The Hall–Kier alpha value is -0.280. The van der Waals surface area contributed by atoms with Crippen LogP contribution in [0, 0.1) is 17.8 Å². The van der Waals surface area contributed by atoms with Crippen LogP contribution in [0.25, 0.3) is 0 Å². The second-order valence-corrected chi connectivity index (χ2v) is 7.13. The number of methoxy groups -OCH3 is 1. The predicted molar refractivity (Wildman–Crippen MR) is 75.2 cm³/mol. The molecule has 0 aromatic carbocycles. The predicted octanol–water partition coefficient (Wildman–Crippen LogP) is 2.71. The highest BCUT2D eigenvalue weighted by Gasteiger charge is 2.48. The van der Waals surface area contributed by atoms with Crippen LogP contribution in [0.3, 0.4) is 0 Å². The minimum Gasteiger partial charge on any atom is -0.469 e. The molecular weight excluding hydrogens is 262 g/mol. The van der Waals surface area contributed by atoms with E-state index < -0.39 is 0 Å². The fraction of sp³-hybridized carbons (Fsp3) is 0.933. The Labute approximate surface area is 120 Å². The monoisotopic (exact) mass is 285 g/mol. The van der Waals surface area contributed by atoms with E-state index in [1.54, 1.807) is 0 Å². The molecule has 0 aromatic heterocycles. The number of halogens is 1. The second kappa shape index (κ2) is 5.61. The van der Waals surface area contributed by atoms with Crippen LogP contribution in [-0.2, 0) is 9.53 Å². The molecule has 1 aliphatic carbocycles. The maximum atomic E-state index is 12.2. The summed E-state index contributed by atoms with van der Waals surface area (Å²) in [4.78, 5) is 12.2. The molecule has 2 saturated heterocycles. The normalized spacial score (nSPS) is 46.0. The highest BCUT2D eigenvalue weighted by atomic mass is 35.5. The number of esters is 1. The lowest BCUT2D eigenvalue weighted by atomic mass is 9.69. The van der Waals surface area contributed by atoms with Crippen molar-refractivity contribution in [3.63, 3.8) is 0 Å². The van der Waals surface area contributed by atoms with Gasteiger partial charge in [0, 0.05) is 17.5 Å². The van der Waals surface area contributed by atoms with Crippen molar-refractivity contribution in [3.8, 4) is 0 Å². The van der Waals surface area contributed by atoms with Crippen molar-refractivity contribution in [3.05, 3.63) is 0 Å². The molecule has 2 bridgehead atoms. The molecule has 3 nitrogen and oxygen atoms in total. The molecule has 0 radical (unpaired) electrons. The zero-order valence-corrected chi connectivity index (χ0v) is 12.4. The SMILES string of the molecule is COC(=O)C1C2CC[C@H](C[C@H]1C1CCC(Cl)CC1)N2. The summed E-state index contributed by atoms with van der Waals surface area (Å²) >= 11 is 6.21. The first-order valence-corrected chi connectivity index (χ1v) is 8.10. The van der Waals surface area contributed by atoms with E-state index in [1.165, 1.54) is 26.4 Å². The number of alkyl halides is 1. The molecule has 3 rings (SSSR count). The number of rotatable bonds is 2. The summed E-state index contributed by atoms with van der Waals surface area (Å²) in [7, 11) is 1.52. The van der Waals surface area contributed by atoms with Crippen molar-refractivity contribution in [2.24, 2.45) is 17.8 Å². The minimum atomic E-state index is -0.00385. The molecule has 4 heteroatoms. The highest BCUT2D eigenvalue weighted by molar-refractivity contribution is 6.20. The molecule has 3 aliphatic rings. The van der Waals surface area contributed by atoms with Crippen molar-refractivity contribution < 1.29 is 9.53 Å². The Morgan fingerprint density at radius 3 is 2.58 bits per heavy atom. The van der Waals surface area contributed by atoms with E-state index in [-0.39, 0.29) is 11.9 Å². The van der Waals surface area contributed by atoms with Crippen LogP contribution in [0.1, 0.15) is 44.9 Å². The molecule has 1 N–H and O–H groups in total. The third-order valence-electron chi connectivity index (χ3n) is 5.51.